The Morgan fingerprint density at radius 3 is 2.15 bits per heavy atom. The van der Waals surface area contributed by atoms with Crippen molar-refractivity contribution in [3.63, 3.8) is 0 Å². The third kappa shape index (κ3) is 8.79. The number of hydrogen-bond acceptors (Lipinski definition) is 0. The SMILES string of the molecule is CCCCCCC(CC)C1CCCCC(CC)C(C)CCC(C(C)C)C1. The van der Waals surface area contributed by atoms with Crippen LogP contribution >= 0.6 is 0 Å². The summed E-state index contributed by atoms with van der Waals surface area (Å²) in [6, 6.07) is 0. The lowest BCUT2D eigenvalue weighted by atomic mass is 9.73. The molecule has 1 aliphatic carbocycles. The zero-order chi connectivity index (χ0) is 19.4. The molecule has 0 heteroatoms. The second-order valence-corrected chi connectivity index (χ2v) is 10.0. The summed E-state index contributed by atoms with van der Waals surface area (Å²) in [4.78, 5) is 0. The van der Waals surface area contributed by atoms with Crippen LogP contribution in [0.4, 0.5) is 0 Å². The Balaban J connectivity index is 2.75. The molecule has 26 heavy (non-hydrogen) atoms. The van der Waals surface area contributed by atoms with E-state index in [1.54, 1.807) is 0 Å². The van der Waals surface area contributed by atoms with Crippen molar-refractivity contribution in [2.24, 2.45) is 35.5 Å². The number of rotatable bonds is 9. The molecule has 0 N–H and O–H groups in total. The van der Waals surface area contributed by atoms with Gasteiger partial charge in [0.2, 0.25) is 0 Å². The van der Waals surface area contributed by atoms with Crippen LogP contribution in [-0.2, 0) is 0 Å². The molecule has 0 spiro atoms. The van der Waals surface area contributed by atoms with Gasteiger partial charge >= 0.3 is 0 Å². The highest BCUT2D eigenvalue weighted by Gasteiger charge is 2.27. The van der Waals surface area contributed by atoms with E-state index < -0.39 is 0 Å². The van der Waals surface area contributed by atoms with Gasteiger partial charge in [0.1, 0.15) is 0 Å². The molecule has 0 saturated heterocycles. The summed E-state index contributed by atoms with van der Waals surface area (Å²) in [7, 11) is 0. The van der Waals surface area contributed by atoms with Gasteiger partial charge in [0.25, 0.3) is 0 Å². The fraction of sp³-hybridized carbons (Fsp3) is 1.00. The molecule has 5 atom stereocenters. The third-order valence-electron chi connectivity index (χ3n) is 7.89. The van der Waals surface area contributed by atoms with E-state index in [0.29, 0.717) is 0 Å². The molecule has 1 saturated carbocycles. The van der Waals surface area contributed by atoms with Gasteiger partial charge in [-0.15, -0.1) is 0 Å². The van der Waals surface area contributed by atoms with Crippen LogP contribution < -0.4 is 0 Å². The minimum absolute atomic E-state index is 0.864. The smallest absolute Gasteiger partial charge is 0.0383 e. The first kappa shape index (κ1) is 24.0. The van der Waals surface area contributed by atoms with Crippen LogP contribution in [-0.4, -0.2) is 0 Å². The van der Waals surface area contributed by atoms with Crippen LogP contribution in [0.5, 0.6) is 0 Å². The Morgan fingerprint density at radius 1 is 0.808 bits per heavy atom. The Hall–Kier alpha value is 0. The van der Waals surface area contributed by atoms with Gasteiger partial charge in [-0.2, -0.15) is 0 Å². The van der Waals surface area contributed by atoms with E-state index in [1.807, 2.05) is 0 Å². The first-order valence-electron chi connectivity index (χ1n) is 12.5. The summed E-state index contributed by atoms with van der Waals surface area (Å²) in [5.41, 5.74) is 0. The van der Waals surface area contributed by atoms with Crippen molar-refractivity contribution in [1.82, 2.24) is 0 Å². The van der Waals surface area contributed by atoms with E-state index in [2.05, 4.69) is 41.5 Å². The summed E-state index contributed by atoms with van der Waals surface area (Å²) >= 11 is 0. The maximum atomic E-state index is 2.55. The molecule has 0 bridgehead atoms. The molecule has 1 rings (SSSR count). The zero-order valence-electron chi connectivity index (χ0n) is 19.4. The number of hydrogen-bond donors (Lipinski definition) is 0. The van der Waals surface area contributed by atoms with E-state index in [9.17, 15) is 0 Å². The molecule has 0 amide bonds. The molecule has 0 radical (unpaired) electrons. The maximum Gasteiger partial charge on any atom is -0.0383 e. The normalized spacial score (nSPS) is 30.1. The summed E-state index contributed by atoms with van der Waals surface area (Å²) in [5.74, 6) is 5.74. The Morgan fingerprint density at radius 2 is 1.54 bits per heavy atom. The van der Waals surface area contributed by atoms with Crippen molar-refractivity contribution in [3.8, 4) is 0 Å². The van der Waals surface area contributed by atoms with Gasteiger partial charge in [0.05, 0.1) is 0 Å². The van der Waals surface area contributed by atoms with Crippen LogP contribution in [0.2, 0.25) is 0 Å². The lowest BCUT2D eigenvalue weighted by Crippen LogP contribution is -2.22. The highest BCUT2D eigenvalue weighted by molar-refractivity contribution is 4.78. The lowest BCUT2D eigenvalue weighted by molar-refractivity contribution is 0.187. The highest BCUT2D eigenvalue weighted by Crippen LogP contribution is 2.38. The molecule has 0 aromatic heterocycles. The highest BCUT2D eigenvalue weighted by atomic mass is 14.3. The van der Waals surface area contributed by atoms with Gasteiger partial charge in [-0.05, 0) is 48.3 Å². The first-order valence-corrected chi connectivity index (χ1v) is 12.5. The summed E-state index contributed by atoms with van der Waals surface area (Å²) in [6.45, 7) is 14.8. The Kier molecular flexibility index (Phi) is 13.0. The predicted octanol–water partition coefficient (Wildman–Crippen LogP) is 9.28. The largest absolute Gasteiger partial charge is 0.0654 e. The summed E-state index contributed by atoms with van der Waals surface area (Å²) in [5, 5.41) is 0. The molecule has 0 aromatic rings. The molecule has 1 aliphatic rings. The third-order valence-corrected chi connectivity index (χ3v) is 7.89. The topological polar surface area (TPSA) is 0 Å². The average Bonchev–Trinajstić information content (AvgIpc) is 2.66. The fourth-order valence-corrected chi connectivity index (χ4v) is 5.68. The second kappa shape index (κ2) is 14.1. The van der Waals surface area contributed by atoms with E-state index in [-0.39, 0.29) is 0 Å². The fourth-order valence-electron chi connectivity index (χ4n) is 5.68. The molecule has 0 aromatic carbocycles. The molecular formula is C26H52. The molecule has 1 fully saturated rings. The van der Waals surface area contributed by atoms with E-state index in [0.717, 1.165) is 35.5 Å². The monoisotopic (exact) mass is 364 g/mol. The van der Waals surface area contributed by atoms with E-state index in [1.165, 1.54) is 89.9 Å². The van der Waals surface area contributed by atoms with Crippen LogP contribution in [0, 0.1) is 35.5 Å². The van der Waals surface area contributed by atoms with Gasteiger partial charge < -0.3 is 0 Å². The zero-order valence-corrected chi connectivity index (χ0v) is 19.4. The van der Waals surface area contributed by atoms with Crippen molar-refractivity contribution in [1.29, 1.82) is 0 Å². The van der Waals surface area contributed by atoms with Gasteiger partial charge in [-0.25, -0.2) is 0 Å². The first-order chi connectivity index (χ1) is 12.5. The standard InChI is InChI=1S/C26H52/c1-7-10-11-12-16-24(9-3)26-17-14-13-15-23(8-2)22(6)18-19-25(20-26)21(4)5/h21-26H,7-20H2,1-6H3. The molecular weight excluding hydrogens is 312 g/mol. The summed E-state index contributed by atoms with van der Waals surface area (Å²) in [6.07, 6.45) is 20.5. The van der Waals surface area contributed by atoms with Gasteiger partial charge in [-0.3, -0.25) is 0 Å². The van der Waals surface area contributed by atoms with Crippen molar-refractivity contribution in [3.05, 3.63) is 0 Å². The maximum absolute atomic E-state index is 2.55. The molecule has 0 nitrogen and oxygen atoms in total. The van der Waals surface area contributed by atoms with Crippen molar-refractivity contribution >= 4 is 0 Å². The minimum atomic E-state index is 0.864. The Bertz CT molecular complexity index is 318. The van der Waals surface area contributed by atoms with Gasteiger partial charge in [-0.1, -0.05) is 119 Å². The van der Waals surface area contributed by atoms with Crippen LogP contribution in [0.15, 0.2) is 0 Å². The van der Waals surface area contributed by atoms with Crippen molar-refractivity contribution < 1.29 is 0 Å². The predicted molar refractivity (Wildman–Crippen MR) is 120 cm³/mol. The average molecular weight is 365 g/mol. The molecule has 0 aliphatic heterocycles. The van der Waals surface area contributed by atoms with E-state index in [4.69, 9.17) is 0 Å². The molecule has 5 unspecified atom stereocenters. The molecule has 0 heterocycles. The van der Waals surface area contributed by atoms with Crippen LogP contribution in [0.1, 0.15) is 131 Å². The van der Waals surface area contributed by atoms with E-state index >= 15 is 0 Å². The number of unbranched alkanes of at least 4 members (excludes halogenated alkanes) is 3. The Labute approximate surface area is 167 Å². The van der Waals surface area contributed by atoms with Crippen LogP contribution in [0.25, 0.3) is 0 Å². The van der Waals surface area contributed by atoms with Crippen molar-refractivity contribution in [2.75, 3.05) is 0 Å². The van der Waals surface area contributed by atoms with Crippen molar-refractivity contribution in [2.45, 2.75) is 131 Å². The molecule has 156 valence electrons. The van der Waals surface area contributed by atoms with Gasteiger partial charge in [0, 0.05) is 0 Å². The summed E-state index contributed by atoms with van der Waals surface area (Å²) < 4.78 is 0. The second-order valence-electron chi connectivity index (χ2n) is 10.0. The van der Waals surface area contributed by atoms with Gasteiger partial charge in [0.15, 0.2) is 0 Å². The lowest BCUT2D eigenvalue weighted by Gasteiger charge is -2.32. The van der Waals surface area contributed by atoms with Crippen LogP contribution in [0.3, 0.4) is 0 Å². The quantitative estimate of drug-likeness (QED) is 0.357. The minimum Gasteiger partial charge on any atom is -0.0654 e.